The van der Waals surface area contributed by atoms with Crippen LogP contribution in [0, 0.1) is 11.8 Å². The second-order valence-electron chi connectivity index (χ2n) is 8.02. The summed E-state index contributed by atoms with van der Waals surface area (Å²) in [5.74, 6) is -2.99. The molecule has 0 aromatic carbocycles. The molecule has 2 unspecified atom stereocenters. The van der Waals surface area contributed by atoms with Gasteiger partial charge < -0.3 is 29.6 Å². The number of hydrogen-bond acceptors (Lipinski definition) is 8. The molecule has 0 spiro atoms. The molecule has 0 radical (unpaired) electrons. The van der Waals surface area contributed by atoms with Gasteiger partial charge in [0.25, 0.3) is 0 Å². The summed E-state index contributed by atoms with van der Waals surface area (Å²) in [6.07, 6.45) is 7.72. The fourth-order valence-electron chi connectivity index (χ4n) is 3.71. The first-order chi connectivity index (χ1) is 17.4. The largest absolute Gasteiger partial charge is 0.661 e. The molecule has 0 amide bonds. The van der Waals surface area contributed by atoms with E-state index in [0.29, 0.717) is 12.8 Å². The van der Waals surface area contributed by atoms with Gasteiger partial charge in [0.15, 0.2) is 23.9 Å². The van der Waals surface area contributed by atoms with Gasteiger partial charge in [-0.1, -0.05) is 31.8 Å². The van der Waals surface area contributed by atoms with Crippen LogP contribution in [0.15, 0.2) is 12.2 Å². The molecule has 0 aliphatic carbocycles. The zero-order valence-electron chi connectivity index (χ0n) is 22.3. The van der Waals surface area contributed by atoms with Crippen LogP contribution in [0.25, 0.3) is 10.6 Å². The normalized spacial score (nSPS) is 18.2. The van der Waals surface area contributed by atoms with Crippen molar-refractivity contribution >= 4 is 23.9 Å². The van der Waals surface area contributed by atoms with Crippen molar-refractivity contribution in [2.24, 2.45) is 0 Å². The standard InChI is InChI=1S/C21H32NO8.C5H8N.Pd/c1-5-27-18(23)16(19(24)28-6-2)12-14-10-9-11-15(22-14)13-17(20(25)29-7-3)21(26)30-8-4;1-2-4-6-5-3-1;/h14-15H,5-13H2,1-4H3;1-2H,3-5H2;/q-3;-1;. The number of hydrogen-bond donors (Lipinski definition) is 0. The van der Waals surface area contributed by atoms with Gasteiger partial charge in [0.1, 0.15) is 0 Å². The van der Waals surface area contributed by atoms with Crippen LogP contribution in [0.2, 0.25) is 0 Å². The molecule has 2 aliphatic rings. The molecule has 37 heavy (non-hydrogen) atoms. The average Bonchev–Trinajstić information content (AvgIpc) is 2.88. The molecule has 216 valence electrons. The number of rotatable bonds is 12. The summed E-state index contributed by atoms with van der Waals surface area (Å²) in [7, 11) is 0. The predicted molar refractivity (Wildman–Crippen MR) is 134 cm³/mol. The number of carbonyl (C=O) groups excluding carboxylic acids is 4. The maximum atomic E-state index is 12.2. The van der Waals surface area contributed by atoms with Gasteiger partial charge in [0.05, 0.1) is 26.4 Å². The third kappa shape index (κ3) is 13.9. The van der Waals surface area contributed by atoms with E-state index in [4.69, 9.17) is 18.9 Å². The zero-order valence-corrected chi connectivity index (χ0v) is 23.8. The smallest absolute Gasteiger partial charge is 0.179 e. The summed E-state index contributed by atoms with van der Waals surface area (Å²) in [6.45, 7) is 9.18. The number of esters is 4. The maximum Gasteiger partial charge on any atom is 0.179 e. The fourth-order valence-corrected chi connectivity index (χ4v) is 3.71. The van der Waals surface area contributed by atoms with E-state index in [0.717, 1.165) is 25.9 Å². The first kappa shape index (κ1) is 34.9. The van der Waals surface area contributed by atoms with E-state index < -0.39 is 23.9 Å². The molecule has 0 saturated carbocycles. The monoisotopic (exact) mass is 614 g/mol. The Labute approximate surface area is 234 Å². The Morgan fingerprint density at radius 1 is 0.730 bits per heavy atom. The summed E-state index contributed by atoms with van der Waals surface area (Å²) in [5, 5.41) is 8.75. The zero-order chi connectivity index (χ0) is 26.8. The van der Waals surface area contributed by atoms with Gasteiger partial charge in [-0.05, 0) is 27.7 Å². The Hall–Kier alpha value is -2.06. The fraction of sp³-hybridized carbons (Fsp3) is 0.692. The molecule has 0 aromatic heterocycles. The summed E-state index contributed by atoms with van der Waals surface area (Å²) in [5.41, 5.74) is 0. The molecule has 2 aliphatic heterocycles. The third-order valence-electron chi connectivity index (χ3n) is 5.32. The van der Waals surface area contributed by atoms with E-state index in [1.807, 2.05) is 0 Å². The summed E-state index contributed by atoms with van der Waals surface area (Å²) in [6, 6.07) is -0.642. The molecule has 11 heteroatoms. The van der Waals surface area contributed by atoms with Crippen molar-refractivity contribution in [2.45, 2.75) is 78.3 Å². The molecule has 0 aromatic rings. The van der Waals surface area contributed by atoms with Crippen LogP contribution in [0.3, 0.4) is 0 Å². The van der Waals surface area contributed by atoms with Gasteiger partial charge in [0, 0.05) is 20.4 Å². The predicted octanol–water partition coefficient (Wildman–Crippen LogP) is 3.78. The molecule has 10 nitrogen and oxygen atoms in total. The van der Waals surface area contributed by atoms with Crippen molar-refractivity contribution in [1.82, 2.24) is 0 Å². The van der Waals surface area contributed by atoms with Crippen LogP contribution in [0.5, 0.6) is 0 Å². The minimum atomic E-state index is -0.710. The van der Waals surface area contributed by atoms with Crippen molar-refractivity contribution < 1.29 is 58.5 Å². The first-order valence-electron chi connectivity index (χ1n) is 12.8. The van der Waals surface area contributed by atoms with Gasteiger partial charge in [-0.25, -0.2) is 0 Å². The Morgan fingerprint density at radius 3 is 1.38 bits per heavy atom. The van der Waals surface area contributed by atoms with Crippen molar-refractivity contribution in [3.8, 4) is 0 Å². The van der Waals surface area contributed by atoms with E-state index >= 15 is 0 Å². The SMILES string of the molecule is C1=CC[N-]CC1.CCOC(=O)[C-](CC1CCCC(C[C-](C(=O)OCC)C(=O)OCC)[N-]1)C(=O)OCC.[Pd]. The van der Waals surface area contributed by atoms with Crippen LogP contribution in [0.1, 0.15) is 66.2 Å². The summed E-state index contributed by atoms with van der Waals surface area (Å²) >= 11 is 0. The topological polar surface area (TPSA) is 133 Å². The van der Waals surface area contributed by atoms with Gasteiger partial charge in [-0.15, -0.1) is 19.2 Å². The molecule has 2 atom stereocenters. The number of carbonyl (C=O) groups is 4. The van der Waals surface area contributed by atoms with Crippen molar-refractivity contribution in [1.29, 1.82) is 0 Å². The van der Waals surface area contributed by atoms with E-state index in [1.54, 1.807) is 27.7 Å². The van der Waals surface area contributed by atoms with Crippen LogP contribution in [0.4, 0.5) is 0 Å². The Morgan fingerprint density at radius 2 is 1.14 bits per heavy atom. The van der Waals surface area contributed by atoms with Gasteiger partial charge in [-0.2, -0.15) is 36.8 Å². The number of piperidine rings is 1. The van der Waals surface area contributed by atoms with Crippen LogP contribution >= 0.6 is 0 Å². The van der Waals surface area contributed by atoms with Gasteiger partial charge in [-0.3, -0.25) is 19.2 Å². The molecular weight excluding hydrogens is 575 g/mol. The minimum absolute atomic E-state index is 0. The van der Waals surface area contributed by atoms with E-state index in [-0.39, 0.29) is 83.6 Å². The van der Waals surface area contributed by atoms with Crippen molar-refractivity contribution in [2.75, 3.05) is 39.5 Å². The quantitative estimate of drug-likeness (QED) is 0.0810. The Kier molecular flexibility index (Phi) is 19.8. The van der Waals surface area contributed by atoms with E-state index in [1.165, 1.54) is 0 Å². The number of ether oxygens (including phenoxy) is 4. The molecule has 1 saturated heterocycles. The molecule has 1 fully saturated rings. The van der Waals surface area contributed by atoms with E-state index in [9.17, 15) is 19.2 Å². The minimum Gasteiger partial charge on any atom is -0.661 e. The van der Waals surface area contributed by atoms with Crippen molar-refractivity contribution in [3.63, 3.8) is 0 Å². The van der Waals surface area contributed by atoms with Gasteiger partial charge >= 0.3 is 0 Å². The van der Waals surface area contributed by atoms with Gasteiger partial charge in [0.2, 0.25) is 0 Å². The molecule has 0 N–H and O–H groups in total. The second kappa shape index (κ2) is 20.9. The van der Waals surface area contributed by atoms with Crippen LogP contribution in [-0.2, 0) is 58.5 Å². The molecular formula is C26H40N2O8Pd-4. The number of nitrogens with zero attached hydrogens (tertiary/aromatic N) is 2. The van der Waals surface area contributed by atoms with Crippen molar-refractivity contribution in [3.05, 3.63) is 34.6 Å². The Bertz CT molecular complexity index is 627. The van der Waals surface area contributed by atoms with E-state index in [2.05, 4.69) is 22.8 Å². The maximum absolute atomic E-state index is 12.2. The molecule has 2 rings (SSSR count). The van der Waals surface area contributed by atoms with Crippen LogP contribution < -0.4 is 0 Å². The Balaban J connectivity index is 0.00000161. The molecule has 0 bridgehead atoms. The van der Waals surface area contributed by atoms with Crippen LogP contribution in [-0.4, -0.2) is 75.5 Å². The average molecular weight is 615 g/mol. The third-order valence-corrected chi connectivity index (χ3v) is 5.32. The second-order valence-corrected chi connectivity index (χ2v) is 8.02. The first-order valence-corrected chi connectivity index (χ1v) is 12.8. The summed E-state index contributed by atoms with van der Waals surface area (Å²) in [4.78, 5) is 48.7. The summed E-state index contributed by atoms with van der Waals surface area (Å²) < 4.78 is 19.9. The molecule has 2 heterocycles.